The van der Waals surface area contributed by atoms with Crippen molar-refractivity contribution in [3.8, 4) is 11.5 Å². The number of hydrogen-bond acceptors (Lipinski definition) is 21. The third-order valence-corrected chi connectivity index (χ3v) is 19.9. The van der Waals surface area contributed by atoms with E-state index < -0.39 is 53.2 Å². The van der Waals surface area contributed by atoms with Gasteiger partial charge in [-0.2, -0.15) is 0 Å². The number of benzene rings is 6. The minimum Gasteiger partial charge on any atom is -0.487 e. The molecule has 0 saturated heterocycles. The van der Waals surface area contributed by atoms with Gasteiger partial charge in [-0.25, -0.2) is 4.79 Å². The molecule has 1 unspecified atom stereocenters. The number of rotatable bonds is 31. The summed E-state index contributed by atoms with van der Waals surface area (Å²) in [6.45, 7) is 19.8. The fourth-order valence-electron chi connectivity index (χ4n) is 13.5. The van der Waals surface area contributed by atoms with Gasteiger partial charge < -0.3 is 85.7 Å². The number of nitrogens with zero attached hydrogens (tertiary/aromatic N) is 4. The van der Waals surface area contributed by atoms with E-state index >= 15 is 4.79 Å². The number of ether oxygens (including phenoxy) is 8. The lowest BCUT2D eigenvalue weighted by Crippen LogP contribution is -2.49. The molecule has 0 saturated carbocycles. The molecule has 6 aromatic rings. The van der Waals surface area contributed by atoms with Crippen LogP contribution in [-0.2, 0) is 41.6 Å². The third kappa shape index (κ3) is 33.0. The van der Waals surface area contributed by atoms with Crippen LogP contribution in [0.3, 0.4) is 0 Å². The Morgan fingerprint density at radius 2 is 0.723 bits per heavy atom. The molecule has 8 bridgehead atoms. The molecule has 2 heterocycles. The summed E-state index contributed by atoms with van der Waals surface area (Å²) in [6.07, 6.45) is 1.67. The average molecular weight is 1650 g/mol. The lowest BCUT2D eigenvalue weighted by molar-refractivity contribution is 0.0196. The lowest BCUT2D eigenvalue weighted by Gasteiger charge is -2.31. The van der Waals surface area contributed by atoms with Gasteiger partial charge in [0, 0.05) is 173 Å². The highest BCUT2D eigenvalue weighted by Gasteiger charge is 2.28. The number of amides is 9. The summed E-state index contributed by atoms with van der Waals surface area (Å²) >= 11 is 0. The number of alkyl carbamates (subject to hydrolysis) is 1. The first-order valence-corrected chi connectivity index (χ1v) is 41.4. The fourth-order valence-corrected chi connectivity index (χ4v) is 13.5. The van der Waals surface area contributed by atoms with Crippen molar-refractivity contribution < 1.29 is 81.0 Å². The van der Waals surface area contributed by atoms with Gasteiger partial charge in [-0.3, -0.25) is 58.0 Å². The molecular formula is C89H123N13O17. The standard InChI is InChI=1S/C89H123N13O17/c1-8-53-113-58-59-114-54-51-100-44-37-91-81(104)71-27-17-26-70(65(71)2)80(103)90-35-42-99(43-36-94-84(107)74-30-19-31-75(85(108)95-39-46-100)78(74)117-63-67-21-11-9-12-22-67)49-50-102-48-41-93-83(106)73-29-18-28-72(66(73)3)82(105)92-38-45-101(52-55-115-60-61-116-57-56-112-7)47-40-96-86(109)76-32-20-33-77(79(76)118-64-68-23-13-10-14-24-68)87(110)98-69(62-102)25-15-16-34-97-88(111)119-89(4,5)6/h9-14,17-24,26-33,69H,8,15-16,25,34-64H2,1-7H3,(H,90,103)(H,91,104)(H,92,105)(H,93,106)(H,94,107)(H,95,108)(H,96,109)(H,97,111)(H,98,110). The monoisotopic (exact) mass is 1650 g/mol. The number of nitrogens with one attached hydrogen (secondary N) is 9. The van der Waals surface area contributed by atoms with E-state index in [4.69, 9.17) is 37.9 Å². The number of para-hydroxylation sites is 2. The summed E-state index contributed by atoms with van der Waals surface area (Å²) in [6, 6.07) is 37.8. The second kappa shape index (κ2) is 51.8. The van der Waals surface area contributed by atoms with Gasteiger partial charge >= 0.3 is 6.09 Å². The van der Waals surface area contributed by atoms with Gasteiger partial charge in [-0.15, -0.1) is 0 Å². The number of hydrogen-bond donors (Lipinski definition) is 9. The van der Waals surface area contributed by atoms with Crippen molar-refractivity contribution in [1.82, 2.24) is 67.5 Å². The van der Waals surface area contributed by atoms with E-state index in [9.17, 15) is 38.4 Å². The highest BCUT2D eigenvalue weighted by molar-refractivity contribution is 6.06. The van der Waals surface area contributed by atoms with Crippen molar-refractivity contribution in [3.63, 3.8) is 0 Å². The first kappa shape index (κ1) is 94.1. The highest BCUT2D eigenvalue weighted by atomic mass is 16.6. The number of fused-ring (bicyclic) bond motifs is 8. The lowest BCUT2D eigenvalue weighted by atomic mass is 10.0. The maximum atomic E-state index is 15.4. The molecule has 0 spiro atoms. The summed E-state index contributed by atoms with van der Waals surface area (Å²) in [4.78, 5) is 138. The van der Waals surface area contributed by atoms with Crippen LogP contribution >= 0.6 is 0 Å². The van der Waals surface area contributed by atoms with Crippen LogP contribution in [0.15, 0.2) is 133 Å². The molecule has 1 atom stereocenters. The molecule has 0 fully saturated rings. The minimum absolute atomic E-state index is 0.0121. The second-order valence-corrected chi connectivity index (χ2v) is 30.0. The van der Waals surface area contributed by atoms with Gasteiger partial charge in [0.2, 0.25) is 0 Å². The van der Waals surface area contributed by atoms with E-state index in [-0.39, 0.29) is 156 Å². The van der Waals surface area contributed by atoms with Crippen LogP contribution in [0.4, 0.5) is 4.79 Å². The maximum absolute atomic E-state index is 15.4. The molecule has 2 aliphatic rings. The summed E-state index contributed by atoms with van der Waals surface area (Å²) in [5.74, 6) is -3.46. The van der Waals surface area contributed by atoms with E-state index in [1.165, 1.54) is 0 Å². The van der Waals surface area contributed by atoms with Gasteiger partial charge in [0.15, 0.2) is 0 Å². The summed E-state index contributed by atoms with van der Waals surface area (Å²) < 4.78 is 46.7. The first-order chi connectivity index (χ1) is 57.7. The van der Waals surface area contributed by atoms with Gasteiger partial charge in [0.1, 0.15) is 30.3 Å². The third-order valence-electron chi connectivity index (χ3n) is 19.9. The van der Waals surface area contributed by atoms with Crippen molar-refractivity contribution in [2.24, 2.45) is 0 Å². The van der Waals surface area contributed by atoms with Crippen LogP contribution in [0, 0.1) is 13.8 Å². The van der Waals surface area contributed by atoms with Crippen LogP contribution in [0.1, 0.15) is 158 Å². The number of carbonyl (C=O) groups is 9. The van der Waals surface area contributed by atoms with Crippen LogP contribution in [0.25, 0.3) is 0 Å². The molecule has 0 radical (unpaired) electrons. The molecule has 9 amide bonds. The Morgan fingerprint density at radius 3 is 1.10 bits per heavy atom. The van der Waals surface area contributed by atoms with E-state index in [0.717, 1.165) is 17.5 Å². The van der Waals surface area contributed by atoms with Crippen molar-refractivity contribution in [3.05, 3.63) is 200 Å². The number of methoxy groups -OCH3 is 1. The zero-order valence-electron chi connectivity index (χ0n) is 70.3. The smallest absolute Gasteiger partial charge is 0.407 e. The number of unbranched alkanes of at least 4 members (excludes halogenated alkanes) is 1. The van der Waals surface area contributed by atoms with Crippen molar-refractivity contribution in [2.45, 2.75) is 92.1 Å². The predicted molar refractivity (Wildman–Crippen MR) is 454 cm³/mol. The summed E-state index contributed by atoms with van der Waals surface area (Å²) in [5.41, 5.74) is 3.49. The second-order valence-electron chi connectivity index (χ2n) is 30.0. The Hall–Kier alpha value is -10.4. The van der Waals surface area contributed by atoms with E-state index in [1.54, 1.807) is 115 Å². The van der Waals surface area contributed by atoms with Crippen molar-refractivity contribution in [2.75, 3.05) is 197 Å². The SMILES string of the molecule is CCCOCCOCCN1CCNC(=O)c2cccc(c2C)C(=O)NCCN(CCN2CCNC(=O)c3cccc(c3C)C(=O)NCCN(CCOCCOCCOC)CCNC(=O)c3cccc(c3OCc3ccccc3)C(=O)NC(CCCCNC(=O)OC(C)(C)C)C2)CCNC(=O)c2cccc(c2OCc2ccccc2)C(=O)NCC1. The summed E-state index contributed by atoms with van der Waals surface area (Å²) in [7, 11) is 1.60. The Balaban J connectivity index is 1.12. The Morgan fingerprint density at radius 1 is 0.395 bits per heavy atom. The first-order valence-electron chi connectivity index (χ1n) is 41.4. The average Bonchev–Trinajstić information content (AvgIpc) is 0.820. The van der Waals surface area contributed by atoms with Crippen LogP contribution in [0.2, 0.25) is 0 Å². The molecule has 646 valence electrons. The van der Waals surface area contributed by atoms with E-state index in [1.807, 2.05) is 72.5 Å². The Kier molecular flexibility index (Phi) is 41.0. The molecule has 2 aliphatic heterocycles. The molecule has 9 N–H and O–H groups in total. The van der Waals surface area contributed by atoms with Crippen LogP contribution in [-0.4, -0.2) is 282 Å². The Bertz CT molecular complexity index is 4190. The molecule has 30 heteroatoms. The van der Waals surface area contributed by atoms with Gasteiger partial charge in [-0.05, 0) is 131 Å². The largest absolute Gasteiger partial charge is 0.487 e. The molecule has 119 heavy (non-hydrogen) atoms. The zero-order chi connectivity index (χ0) is 85.0. The quantitative estimate of drug-likeness (QED) is 0.0201. The van der Waals surface area contributed by atoms with E-state index in [2.05, 4.69) is 62.6 Å². The van der Waals surface area contributed by atoms with Crippen LogP contribution in [0.5, 0.6) is 11.5 Å². The topological polar surface area (TPSA) is 349 Å². The molecule has 30 nitrogen and oxygen atoms in total. The Labute approximate surface area is 699 Å². The molecule has 0 aromatic heterocycles. The van der Waals surface area contributed by atoms with Gasteiger partial charge in [-0.1, -0.05) is 91.9 Å². The minimum atomic E-state index is -0.734. The van der Waals surface area contributed by atoms with Gasteiger partial charge in [0.25, 0.3) is 47.3 Å². The normalized spacial score (nSPS) is 16.5. The van der Waals surface area contributed by atoms with Gasteiger partial charge in [0.05, 0.1) is 75.1 Å². The fraction of sp³-hybridized carbons (Fsp3) is 0.494. The highest BCUT2D eigenvalue weighted by Crippen LogP contribution is 2.29. The zero-order valence-corrected chi connectivity index (χ0v) is 70.3. The summed E-state index contributed by atoms with van der Waals surface area (Å²) in [5, 5.41) is 27.6. The molecule has 8 rings (SSSR count). The number of carbonyl (C=O) groups excluding carboxylic acids is 9. The van der Waals surface area contributed by atoms with Crippen molar-refractivity contribution >= 4 is 53.4 Å². The molecule has 6 aromatic carbocycles. The molecule has 0 aliphatic carbocycles. The van der Waals surface area contributed by atoms with Crippen LogP contribution < -0.4 is 57.3 Å². The van der Waals surface area contributed by atoms with Crippen molar-refractivity contribution in [1.29, 1.82) is 0 Å². The maximum Gasteiger partial charge on any atom is 0.407 e. The van der Waals surface area contributed by atoms with E-state index in [0.29, 0.717) is 146 Å². The molecular weight excluding hydrogens is 1520 g/mol. The predicted octanol–water partition coefficient (Wildman–Crippen LogP) is 6.82.